The second-order valence-electron chi connectivity index (χ2n) is 6.54. The lowest BCUT2D eigenvalue weighted by Gasteiger charge is -2.07. The number of aromatic nitrogens is 4. The molecule has 3 rings (SSSR count). The lowest BCUT2D eigenvalue weighted by atomic mass is 10.1. The van der Waals surface area contributed by atoms with E-state index >= 15 is 0 Å². The van der Waals surface area contributed by atoms with Crippen molar-refractivity contribution in [2.24, 2.45) is 5.73 Å². The van der Waals surface area contributed by atoms with Crippen molar-refractivity contribution >= 4 is 11.8 Å². The Labute approximate surface area is 162 Å². The predicted octanol–water partition coefficient (Wildman–Crippen LogP) is 1.76. The normalized spacial score (nSPS) is 10.6. The third-order valence-corrected chi connectivity index (χ3v) is 4.11. The molecule has 144 valence electrons. The van der Waals surface area contributed by atoms with Gasteiger partial charge < -0.3 is 11.1 Å². The van der Waals surface area contributed by atoms with Crippen molar-refractivity contribution < 1.29 is 9.59 Å². The van der Waals surface area contributed by atoms with Gasteiger partial charge in [-0.15, -0.1) is 0 Å². The first kappa shape index (κ1) is 19.2. The van der Waals surface area contributed by atoms with Gasteiger partial charge in [-0.3, -0.25) is 14.3 Å². The molecule has 0 saturated carbocycles. The highest BCUT2D eigenvalue weighted by molar-refractivity contribution is 5.95. The van der Waals surface area contributed by atoms with E-state index in [1.54, 1.807) is 23.0 Å². The van der Waals surface area contributed by atoms with Crippen molar-refractivity contribution in [1.29, 1.82) is 0 Å². The summed E-state index contributed by atoms with van der Waals surface area (Å²) in [6.45, 7) is 4.47. The number of aryl methyl sites for hydroxylation is 3. The largest absolute Gasteiger partial charge is 0.370 e. The van der Waals surface area contributed by atoms with Crippen LogP contribution in [0.15, 0.2) is 42.7 Å². The zero-order chi connectivity index (χ0) is 20.1. The van der Waals surface area contributed by atoms with Gasteiger partial charge in [-0.1, -0.05) is 12.1 Å². The van der Waals surface area contributed by atoms with E-state index in [4.69, 9.17) is 5.73 Å². The van der Waals surface area contributed by atoms with Crippen LogP contribution < -0.4 is 11.1 Å². The Hall–Kier alpha value is -3.55. The summed E-state index contributed by atoms with van der Waals surface area (Å²) in [5, 5.41) is 7.07. The van der Waals surface area contributed by atoms with Gasteiger partial charge in [0.25, 0.3) is 5.91 Å². The van der Waals surface area contributed by atoms with Crippen LogP contribution in [0.1, 0.15) is 34.0 Å². The zero-order valence-electron chi connectivity index (χ0n) is 15.8. The number of nitrogens with zero attached hydrogens (tertiary/aromatic N) is 4. The molecule has 0 aliphatic carbocycles. The van der Waals surface area contributed by atoms with E-state index in [2.05, 4.69) is 20.4 Å². The minimum absolute atomic E-state index is 0.203. The van der Waals surface area contributed by atoms with E-state index < -0.39 is 0 Å². The lowest BCUT2D eigenvalue weighted by Crippen LogP contribution is -2.24. The molecule has 0 saturated heterocycles. The Morgan fingerprint density at radius 3 is 2.57 bits per heavy atom. The van der Waals surface area contributed by atoms with E-state index in [0.717, 1.165) is 22.5 Å². The zero-order valence-corrected chi connectivity index (χ0v) is 15.8. The Kier molecular flexibility index (Phi) is 5.78. The fraction of sp³-hybridized carbons (Fsp3) is 0.250. The van der Waals surface area contributed by atoms with Crippen molar-refractivity contribution in [1.82, 2.24) is 25.1 Å². The highest BCUT2D eigenvalue weighted by atomic mass is 16.2. The number of nitrogens with one attached hydrogen (secondary N) is 1. The Bertz CT molecular complexity index is 991. The molecule has 28 heavy (non-hydrogen) atoms. The molecule has 0 spiro atoms. The Balaban J connectivity index is 1.68. The monoisotopic (exact) mass is 378 g/mol. The van der Waals surface area contributed by atoms with Crippen molar-refractivity contribution in [2.45, 2.75) is 33.4 Å². The summed E-state index contributed by atoms with van der Waals surface area (Å²) in [6, 6.07) is 9.15. The minimum Gasteiger partial charge on any atom is -0.370 e. The molecule has 8 nitrogen and oxygen atoms in total. The number of nitrogens with two attached hydrogens (primary N) is 1. The number of carbonyl (C=O) groups excluding carboxylic acids is 2. The van der Waals surface area contributed by atoms with Crippen molar-refractivity contribution in [3.8, 4) is 11.1 Å². The van der Waals surface area contributed by atoms with Crippen molar-refractivity contribution in [3.63, 3.8) is 0 Å². The number of amides is 2. The first-order chi connectivity index (χ1) is 13.4. The maximum atomic E-state index is 12.5. The van der Waals surface area contributed by atoms with Gasteiger partial charge in [0.2, 0.25) is 5.91 Å². The minimum atomic E-state index is -0.372. The standard InChI is InChI=1S/C20H22N6O2/c1-13-8-14(2)25-19(24-13)11-22-20(28)16-5-3-4-15(9-16)17-10-23-26(12-17)7-6-18(21)27/h3-5,8-10,12H,6-7,11H2,1-2H3,(H2,21,27)(H,22,28). The maximum Gasteiger partial charge on any atom is 0.251 e. The van der Waals surface area contributed by atoms with Crippen LogP contribution in [-0.2, 0) is 17.9 Å². The molecule has 3 aromatic rings. The molecule has 2 heterocycles. The topological polar surface area (TPSA) is 116 Å². The second kappa shape index (κ2) is 8.43. The number of carbonyl (C=O) groups is 2. The molecule has 3 N–H and O–H groups in total. The SMILES string of the molecule is Cc1cc(C)nc(CNC(=O)c2cccc(-c3cnn(CCC(N)=O)c3)c2)n1. The summed E-state index contributed by atoms with van der Waals surface area (Å²) in [5.74, 6) is 0.00645. The average Bonchev–Trinajstić information content (AvgIpc) is 3.13. The number of hydrogen-bond acceptors (Lipinski definition) is 5. The fourth-order valence-corrected chi connectivity index (χ4v) is 2.84. The summed E-state index contributed by atoms with van der Waals surface area (Å²) in [7, 11) is 0. The van der Waals surface area contributed by atoms with Crippen LogP contribution in [0.5, 0.6) is 0 Å². The number of rotatable bonds is 7. The number of primary amides is 1. The second-order valence-corrected chi connectivity index (χ2v) is 6.54. The van der Waals surface area contributed by atoms with Crippen LogP contribution in [0.3, 0.4) is 0 Å². The van der Waals surface area contributed by atoms with Gasteiger partial charge in [0.15, 0.2) is 0 Å². The maximum absolute atomic E-state index is 12.5. The van der Waals surface area contributed by atoms with E-state index in [0.29, 0.717) is 17.9 Å². The molecule has 0 atom stereocenters. The van der Waals surface area contributed by atoms with Gasteiger partial charge in [-0.05, 0) is 37.6 Å². The van der Waals surface area contributed by atoms with Crippen molar-refractivity contribution in [2.75, 3.05) is 0 Å². The first-order valence-corrected chi connectivity index (χ1v) is 8.91. The third kappa shape index (κ3) is 5.00. The molecule has 0 fully saturated rings. The molecule has 0 unspecified atom stereocenters. The van der Waals surface area contributed by atoms with E-state index in [-0.39, 0.29) is 24.8 Å². The molecule has 8 heteroatoms. The van der Waals surface area contributed by atoms with Crippen LogP contribution in [-0.4, -0.2) is 31.6 Å². The smallest absolute Gasteiger partial charge is 0.251 e. The summed E-state index contributed by atoms with van der Waals surface area (Å²) >= 11 is 0. The quantitative estimate of drug-likeness (QED) is 0.650. The average molecular weight is 378 g/mol. The van der Waals surface area contributed by atoms with Gasteiger partial charge in [0, 0.05) is 41.7 Å². The van der Waals surface area contributed by atoms with E-state index in [1.165, 1.54) is 0 Å². The molecule has 1 aromatic carbocycles. The van der Waals surface area contributed by atoms with Crippen LogP contribution >= 0.6 is 0 Å². The molecule has 0 radical (unpaired) electrons. The highest BCUT2D eigenvalue weighted by Gasteiger charge is 2.10. The molecule has 2 amide bonds. The van der Waals surface area contributed by atoms with E-state index in [9.17, 15) is 9.59 Å². The van der Waals surface area contributed by atoms with Crippen LogP contribution in [0, 0.1) is 13.8 Å². The highest BCUT2D eigenvalue weighted by Crippen LogP contribution is 2.20. The molecular weight excluding hydrogens is 356 g/mol. The number of benzene rings is 1. The molecular formula is C20H22N6O2. The van der Waals surface area contributed by atoms with Crippen LogP contribution in [0.2, 0.25) is 0 Å². The van der Waals surface area contributed by atoms with Crippen LogP contribution in [0.25, 0.3) is 11.1 Å². The van der Waals surface area contributed by atoms with Crippen molar-refractivity contribution in [3.05, 3.63) is 65.5 Å². The van der Waals surface area contributed by atoms with Gasteiger partial charge in [-0.25, -0.2) is 9.97 Å². The summed E-state index contributed by atoms with van der Waals surface area (Å²) in [5.41, 5.74) is 9.15. The lowest BCUT2D eigenvalue weighted by molar-refractivity contribution is -0.118. The molecule has 2 aromatic heterocycles. The third-order valence-electron chi connectivity index (χ3n) is 4.11. The predicted molar refractivity (Wildman–Crippen MR) is 104 cm³/mol. The summed E-state index contributed by atoms with van der Waals surface area (Å²) in [4.78, 5) is 32.1. The van der Waals surface area contributed by atoms with E-state index in [1.807, 2.05) is 38.2 Å². The fourth-order valence-electron chi connectivity index (χ4n) is 2.84. The summed E-state index contributed by atoms with van der Waals surface area (Å²) < 4.78 is 1.66. The molecule has 0 bridgehead atoms. The molecule has 0 aliphatic rings. The van der Waals surface area contributed by atoms with Gasteiger partial charge in [0.1, 0.15) is 5.82 Å². The van der Waals surface area contributed by atoms with Gasteiger partial charge >= 0.3 is 0 Å². The van der Waals surface area contributed by atoms with Crippen LogP contribution in [0.4, 0.5) is 0 Å². The van der Waals surface area contributed by atoms with Gasteiger partial charge in [-0.2, -0.15) is 5.10 Å². The Morgan fingerprint density at radius 1 is 1.11 bits per heavy atom. The first-order valence-electron chi connectivity index (χ1n) is 8.91. The number of hydrogen-bond donors (Lipinski definition) is 2. The summed E-state index contributed by atoms with van der Waals surface area (Å²) in [6.07, 6.45) is 3.74. The Morgan fingerprint density at radius 2 is 1.86 bits per heavy atom. The molecule has 0 aliphatic heterocycles. The van der Waals surface area contributed by atoms with Gasteiger partial charge in [0.05, 0.1) is 12.7 Å².